The van der Waals surface area contributed by atoms with Crippen LogP contribution < -0.4 is 0 Å². The third-order valence-corrected chi connectivity index (χ3v) is 9.76. The molecule has 30 heavy (non-hydrogen) atoms. The van der Waals surface area contributed by atoms with Gasteiger partial charge in [0.1, 0.15) is 0 Å². The maximum absolute atomic E-state index is 13.4. The van der Waals surface area contributed by atoms with Crippen LogP contribution in [-0.4, -0.2) is 22.8 Å². The molecule has 1 N–H and O–H groups in total. The molecule has 8 atom stereocenters. The van der Waals surface area contributed by atoms with E-state index in [-0.39, 0.29) is 34.6 Å². The summed E-state index contributed by atoms with van der Waals surface area (Å²) in [5, 5.41) is 10.2. The van der Waals surface area contributed by atoms with Crippen LogP contribution in [-0.2, 0) is 9.59 Å². The Balaban J connectivity index is 1.59. The van der Waals surface area contributed by atoms with Crippen molar-refractivity contribution in [1.29, 1.82) is 0 Å². The van der Waals surface area contributed by atoms with Crippen LogP contribution in [0.15, 0.2) is 23.8 Å². The summed E-state index contributed by atoms with van der Waals surface area (Å²) in [7, 11) is 0. The van der Waals surface area contributed by atoms with E-state index in [1.54, 1.807) is 6.08 Å². The third-order valence-electron chi connectivity index (χ3n) is 9.76. The van der Waals surface area contributed by atoms with Crippen molar-refractivity contribution in [2.75, 3.05) is 0 Å². The molecule has 0 saturated heterocycles. The van der Waals surface area contributed by atoms with E-state index in [9.17, 15) is 14.7 Å². The van der Waals surface area contributed by atoms with Crippen LogP contribution in [0.4, 0.5) is 0 Å². The van der Waals surface area contributed by atoms with Gasteiger partial charge in [0.05, 0.1) is 6.10 Å². The number of ketones is 2. The van der Waals surface area contributed by atoms with Gasteiger partial charge in [0.15, 0.2) is 11.6 Å². The van der Waals surface area contributed by atoms with Crippen molar-refractivity contribution in [3.63, 3.8) is 0 Å². The SMILES string of the molecule is CC(C)C(=O)C=CC(C)C1CCC2C3C(=O)C=C4CC(O)CCC4(C)C3CCC12C. The largest absolute Gasteiger partial charge is 0.393 e. The van der Waals surface area contributed by atoms with Gasteiger partial charge in [0, 0.05) is 11.8 Å². The summed E-state index contributed by atoms with van der Waals surface area (Å²) in [5.74, 6) is 2.52. The molecule has 0 aromatic rings. The van der Waals surface area contributed by atoms with E-state index < -0.39 is 0 Å². The average Bonchev–Trinajstić information content (AvgIpc) is 3.04. The zero-order chi connectivity index (χ0) is 21.8. The van der Waals surface area contributed by atoms with Gasteiger partial charge in [-0.3, -0.25) is 9.59 Å². The van der Waals surface area contributed by atoms with Crippen molar-refractivity contribution in [1.82, 2.24) is 0 Å². The van der Waals surface area contributed by atoms with Crippen molar-refractivity contribution >= 4 is 11.6 Å². The Kier molecular flexibility index (Phi) is 5.66. The molecule has 3 saturated carbocycles. The summed E-state index contributed by atoms with van der Waals surface area (Å²) in [4.78, 5) is 25.5. The van der Waals surface area contributed by atoms with E-state index in [0.717, 1.165) is 32.1 Å². The van der Waals surface area contributed by atoms with Crippen LogP contribution in [0.5, 0.6) is 0 Å². The predicted octanol–water partition coefficient (Wildman–Crippen LogP) is 5.52. The molecule has 4 aliphatic carbocycles. The van der Waals surface area contributed by atoms with Gasteiger partial charge in [-0.1, -0.05) is 46.3 Å². The Morgan fingerprint density at radius 2 is 1.83 bits per heavy atom. The van der Waals surface area contributed by atoms with Gasteiger partial charge in [-0.25, -0.2) is 0 Å². The lowest BCUT2D eigenvalue weighted by molar-refractivity contribution is -0.134. The number of aliphatic hydroxyl groups excluding tert-OH is 1. The number of aliphatic hydroxyl groups is 1. The number of allylic oxidation sites excluding steroid dienone is 3. The smallest absolute Gasteiger partial charge is 0.159 e. The first-order chi connectivity index (χ1) is 14.1. The van der Waals surface area contributed by atoms with Crippen LogP contribution in [0.3, 0.4) is 0 Å². The van der Waals surface area contributed by atoms with Crippen molar-refractivity contribution in [3.05, 3.63) is 23.8 Å². The predicted molar refractivity (Wildman–Crippen MR) is 120 cm³/mol. The number of hydrogen-bond donors (Lipinski definition) is 1. The molecule has 0 heterocycles. The summed E-state index contributed by atoms with van der Waals surface area (Å²) in [5.41, 5.74) is 1.48. The van der Waals surface area contributed by atoms with Gasteiger partial charge >= 0.3 is 0 Å². The minimum atomic E-state index is -0.278. The maximum atomic E-state index is 13.4. The lowest BCUT2D eigenvalue weighted by atomic mass is 9.46. The molecule has 8 unspecified atom stereocenters. The molecule has 0 aromatic heterocycles. The molecule has 3 nitrogen and oxygen atoms in total. The van der Waals surface area contributed by atoms with Gasteiger partial charge < -0.3 is 5.11 Å². The van der Waals surface area contributed by atoms with E-state index in [0.29, 0.717) is 35.9 Å². The Morgan fingerprint density at radius 3 is 2.53 bits per heavy atom. The second-order valence-electron chi connectivity index (χ2n) is 11.6. The highest BCUT2D eigenvalue weighted by molar-refractivity contribution is 5.94. The molecule has 0 radical (unpaired) electrons. The third kappa shape index (κ3) is 3.36. The first kappa shape index (κ1) is 22.0. The number of carbonyl (C=O) groups is 2. The summed E-state index contributed by atoms with van der Waals surface area (Å²) in [6.07, 6.45) is 12.7. The topological polar surface area (TPSA) is 54.4 Å². The first-order valence-corrected chi connectivity index (χ1v) is 12.2. The zero-order valence-electron chi connectivity index (χ0n) is 19.5. The molecule has 3 fully saturated rings. The minimum Gasteiger partial charge on any atom is -0.393 e. The maximum Gasteiger partial charge on any atom is 0.159 e. The molecule has 0 spiro atoms. The first-order valence-electron chi connectivity index (χ1n) is 12.2. The Morgan fingerprint density at radius 1 is 1.10 bits per heavy atom. The second-order valence-corrected chi connectivity index (χ2v) is 11.6. The molecule has 0 aliphatic heterocycles. The lowest BCUT2D eigenvalue weighted by Gasteiger charge is -2.57. The molecule has 166 valence electrons. The van der Waals surface area contributed by atoms with Gasteiger partial charge in [-0.2, -0.15) is 0 Å². The van der Waals surface area contributed by atoms with Gasteiger partial charge in [-0.05, 0) is 91.6 Å². The highest BCUT2D eigenvalue weighted by Gasteiger charge is 2.61. The molecule has 0 amide bonds. The molecule has 4 rings (SSSR count). The molecular weight excluding hydrogens is 372 g/mol. The molecule has 0 aromatic carbocycles. The fourth-order valence-electron chi connectivity index (χ4n) is 7.86. The van der Waals surface area contributed by atoms with Gasteiger partial charge in [0.2, 0.25) is 0 Å². The highest BCUT2D eigenvalue weighted by atomic mass is 16.3. The highest BCUT2D eigenvalue weighted by Crippen LogP contribution is 2.66. The number of carbonyl (C=O) groups excluding carboxylic acids is 2. The van der Waals surface area contributed by atoms with Crippen molar-refractivity contribution in [2.24, 2.45) is 46.3 Å². The Labute approximate surface area is 182 Å². The van der Waals surface area contributed by atoms with Crippen LogP contribution in [0.25, 0.3) is 0 Å². The van der Waals surface area contributed by atoms with Gasteiger partial charge in [-0.15, -0.1) is 0 Å². The normalized spacial score (nSPS) is 44.4. The zero-order valence-corrected chi connectivity index (χ0v) is 19.5. The second kappa shape index (κ2) is 7.73. The minimum absolute atomic E-state index is 0.0476. The van der Waals surface area contributed by atoms with Crippen LogP contribution in [0.2, 0.25) is 0 Å². The Bertz CT molecular complexity index is 777. The summed E-state index contributed by atoms with van der Waals surface area (Å²) >= 11 is 0. The quantitative estimate of drug-likeness (QED) is 0.618. The molecular formula is C27H40O3. The molecule has 4 aliphatic rings. The Hall–Kier alpha value is -1.22. The molecule has 3 heteroatoms. The van der Waals surface area contributed by atoms with Crippen molar-refractivity contribution in [3.8, 4) is 0 Å². The van der Waals surface area contributed by atoms with Crippen molar-refractivity contribution in [2.45, 2.75) is 85.7 Å². The fourth-order valence-corrected chi connectivity index (χ4v) is 7.86. The summed E-state index contributed by atoms with van der Waals surface area (Å²) in [6, 6.07) is 0. The van der Waals surface area contributed by atoms with Gasteiger partial charge in [0.25, 0.3) is 0 Å². The number of hydrogen-bond acceptors (Lipinski definition) is 3. The van der Waals surface area contributed by atoms with Crippen LogP contribution in [0.1, 0.15) is 79.6 Å². The summed E-state index contributed by atoms with van der Waals surface area (Å²) < 4.78 is 0. The van der Waals surface area contributed by atoms with Crippen molar-refractivity contribution < 1.29 is 14.7 Å². The van der Waals surface area contributed by atoms with Crippen LogP contribution >= 0.6 is 0 Å². The lowest BCUT2D eigenvalue weighted by Crippen LogP contribution is -2.53. The number of fused-ring (bicyclic) bond motifs is 5. The number of rotatable bonds is 4. The summed E-state index contributed by atoms with van der Waals surface area (Å²) in [6.45, 7) is 11.0. The standard InChI is InChI=1S/C27H40O3/c1-16(2)23(29)9-6-17(3)20-7-8-21-25-22(11-13-27(20,21)5)26(4)12-10-19(28)14-18(26)15-24(25)30/h6,9,15-17,19-22,25,28H,7-8,10-14H2,1-5H3. The fraction of sp³-hybridized carbons (Fsp3) is 0.778. The van der Waals surface area contributed by atoms with E-state index in [4.69, 9.17) is 0 Å². The van der Waals surface area contributed by atoms with E-state index >= 15 is 0 Å². The van der Waals surface area contributed by atoms with E-state index in [2.05, 4.69) is 26.8 Å². The molecule has 0 bridgehead atoms. The average molecular weight is 413 g/mol. The van der Waals surface area contributed by atoms with Crippen LogP contribution in [0, 0.1) is 46.3 Å². The van der Waals surface area contributed by atoms with E-state index in [1.807, 2.05) is 19.9 Å². The van der Waals surface area contributed by atoms with E-state index in [1.165, 1.54) is 12.0 Å². The monoisotopic (exact) mass is 412 g/mol.